The summed E-state index contributed by atoms with van der Waals surface area (Å²) < 4.78 is 5.46. The Balaban J connectivity index is 1.69. The SMILES string of the molecule is CC(CNC(=O)N(C)CC1CCCC1)N1CCOCC1C. The van der Waals surface area contributed by atoms with E-state index >= 15 is 0 Å². The van der Waals surface area contributed by atoms with Crippen molar-refractivity contribution in [3.8, 4) is 0 Å². The Morgan fingerprint density at radius 1 is 1.43 bits per heavy atom. The van der Waals surface area contributed by atoms with Gasteiger partial charge in [0.05, 0.1) is 13.2 Å². The highest BCUT2D eigenvalue weighted by atomic mass is 16.5. The van der Waals surface area contributed by atoms with Crippen molar-refractivity contribution in [2.75, 3.05) is 39.9 Å². The first-order valence-corrected chi connectivity index (χ1v) is 8.40. The number of rotatable bonds is 5. The number of hydrogen-bond donors (Lipinski definition) is 1. The van der Waals surface area contributed by atoms with Crippen molar-refractivity contribution in [1.29, 1.82) is 0 Å². The van der Waals surface area contributed by atoms with Gasteiger partial charge in [0.1, 0.15) is 0 Å². The first-order valence-electron chi connectivity index (χ1n) is 8.40. The average molecular weight is 297 g/mol. The molecule has 5 heteroatoms. The highest BCUT2D eigenvalue weighted by Crippen LogP contribution is 2.25. The molecule has 122 valence electrons. The lowest BCUT2D eigenvalue weighted by Crippen LogP contribution is -2.53. The Morgan fingerprint density at radius 2 is 2.14 bits per heavy atom. The number of morpholine rings is 1. The van der Waals surface area contributed by atoms with E-state index in [1.807, 2.05) is 11.9 Å². The molecule has 1 saturated carbocycles. The molecule has 0 radical (unpaired) electrons. The zero-order valence-corrected chi connectivity index (χ0v) is 13.8. The third-order valence-electron chi connectivity index (χ3n) is 4.89. The van der Waals surface area contributed by atoms with E-state index in [4.69, 9.17) is 4.74 Å². The maximum absolute atomic E-state index is 12.2. The molecular weight excluding hydrogens is 266 g/mol. The van der Waals surface area contributed by atoms with E-state index in [1.165, 1.54) is 25.7 Å². The van der Waals surface area contributed by atoms with Gasteiger partial charge in [0.2, 0.25) is 0 Å². The van der Waals surface area contributed by atoms with Crippen molar-refractivity contribution in [3.63, 3.8) is 0 Å². The van der Waals surface area contributed by atoms with Crippen LogP contribution in [0.3, 0.4) is 0 Å². The Morgan fingerprint density at radius 3 is 2.81 bits per heavy atom. The maximum atomic E-state index is 12.2. The van der Waals surface area contributed by atoms with Crippen molar-refractivity contribution in [2.45, 2.75) is 51.6 Å². The molecule has 1 heterocycles. The van der Waals surface area contributed by atoms with Crippen LogP contribution in [0.2, 0.25) is 0 Å². The summed E-state index contributed by atoms with van der Waals surface area (Å²) in [5, 5.41) is 3.08. The lowest BCUT2D eigenvalue weighted by molar-refractivity contribution is -0.0177. The van der Waals surface area contributed by atoms with Crippen LogP contribution >= 0.6 is 0 Å². The molecule has 2 unspecified atom stereocenters. The summed E-state index contributed by atoms with van der Waals surface area (Å²) in [6, 6.07) is 0.851. The molecule has 1 aliphatic carbocycles. The summed E-state index contributed by atoms with van der Waals surface area (Å²) in [6.45, 7) is 8.51. The topological polar surface area (TPSA) is 44.8 Å². The number of nitrogens with zero attached hydrogens (tertiary/aromatic N) is 2. The predicted molar refractivity (Wildman–Crippen MR) is 84.4 cm³/mol. The number of ether oxygens (including phenoxy) is 1. The fraction of sp³-hybridized carbons (Fsp3) is 0.938. The lowest BCUT2D eigenvalue weighted by Gasteiger charge is -2.38. The van der Waals surface area contributed by atoms with Gasteiger partial charge in [0, 0.05) is 38.8 Å². The quantitative estimate of drug-likeness (QED) is 0.843. The van der Waals surface area contributed by atoms with Crippen molar-refractivity contribution >= 4 is 6.03 Å². The van der Waals surface area contributed by atoms with E-state index in [0.29, 0.717) is 24.5 Å². The van der Waals surface area contributed by atoms with E-state index in [-0.39, 0.29) is 6.03 Å². The second-order valence-electron chi connectivity index (χ2n) is 6.73. The number of amides is 2. The lowest BCUT2D eigenvalue weighted by atomic mass is 10.1. The molecular formula is C16H31N3O2. The molecule has 1 saturated heterocycles. The van der Waals surface area contributed by atoms with Crippen molar-refractivity contribution in [3.05, 3.63) is 0 Å². The summed E-state index contributed by atoms with van der Waals surface area (Å²) >= 11 is 0. The van der Waals surface area contributed by atoms with Crippen LogP contribution in [0.5, 0.6) is 0 Å². The van der Waals surface area contributed by atoms with Crippen LogP contribution in [0.25, 0.3) is 0 Å². The molecule has 21 heavy (non-hydrogen) atoms. The van der Waals surface area contributed by atoms with Gasteiger partial charge in [-0.25, -0.2) is 4.79 Å². The number of hydrogen-bond acceptors (Lipinski definition) is 3. The van der Waals surface area contributed by atoms with Crippen molar-refractivity contribution in [1.82, 2.24) is 15.1 Å². The Hall–Kier alpha value is -0.810. The predicted octanol–water partition coefficient (Wildman–Crippen LogP) is 1.93. The molecule has 2 rings (SSSR count). The van der Waals surface area contributed by atoms with Gasteiger partial charge in [-0.2, -0.15) is 0 Å². The van der Waals surface area contributed by atoms with Gasteiger partial charge in [-0.05, 0) is 32.6 Å². The molecule has 2 atom stereocenters. The molecule has 0 aromatic carbocycles. The highest BCUT2D eigenvalue weighted by Gasteiger charge is 2.24. The van der Waals surface area contributed by atoms with Crippen LogP contribution in [0.1, 0.15) is 39.5 Å². The molecule has 2 aliphatic rings. The first kappa shape index (κ1) is 16.6. The molecule has 0 bridgehead atoms. The molecule has 2 amide bonds. The van der Waals surface area contributed by atoms with Gasteiger partial charge < -0.3 is 15.0 Å². The number of urea groups is 1. The molecule has 5 nitrogen and oxygen atoms in total. The van der Waals surface area contributed by atoms with Crippen molar-refractivity contribution in [2.24, 2.45) is 5.92 Å². The van der Waals surface area contributed by atoms with E-state index in [1.54, 1.807) is 0 Å². The van der Waals surface area contributed by atoms with E-state index < -0.39 is 0 Å². The normalized spacial score (nSPS) is 25.8. The van der Waals surface area contributed by atoms with Crippen LogP contribution in [-0.4, -0.2) is 67.8 Å². The fourth-order valence-corrected chi connectivity index (χ4v) is 3.55. The molecule has 0 aromatic rings. The van der Waals surface area contributed by atoms with Crippen LogP contribution < -0.4 is 5.32 Å². The second kappa shape index (κ2) is 7.99. The third-order valence-corrected chi connectivity index (χ3v) is 4.89. The average Bonchev–Trinajstić information content (AvgIpc) is 2.97. The molecule has 1 N–H and O–H groups in total. The first-order chi connectivity index (χ1) is 10.1. The Bertz CT molecular complexity index is 331. The summed E-state index contributed by atoms with van der Waals surface area (Å²) in [6.07, 6.45) is 5.21. The second-order valence-corrected chi connectivity index (χ2v) is 6.73. The standard InChI is InChI=1S/C16H31N3O2/c1-13(19-8-9-21-12-14(19)2)10-17-16(20)18(3)11-15-6-4-5-7-15/h13-15H,4-12H2,1-3H3,(H,17,20). The monoisotopic (exact) mass is 297 g/mol. The van der Waals surface area contributed by atoms with Gasteiger partial charge in [-0.15, -0.1) is 0 Å². The highest BCUT2D eigenvalue weighted by molar-refractivity contribution is 5.73. The Labute approximate surface area is 129 Å². The minimum atomic E-state index is 0.0645. The molecule has 1 aliphatic heterocycles. The summed E-state index contributed by atoms with van der Waals surface area (Å²) in [7, 11) is 1.91. The van der Waals surface area contributed by atoms with Gasteiger partial charge in [-0.1, -0.05) is 12.8 Å². The largest absolute Gasteiger partial charge is 0.379 e. The summed E-state index contributed by atoms with van der Waals surface area (Å²) in [4.78, 5) is 16.4. The number of nitrogens with one attached hydrogen (secondary N) is 1. The maximum Gasteiger partial charge on any atom is 0.317 e. The van der Waals surface area contributed by atoms with Crippen LogP contribution in [-0.2, 0) is 4.74 Å². The smallest absolute Gasteiger partial charge is 0.317 e. The fourth-order valence-electron chi connectivity index (χ4n) is 3.55. The van der Waals surface area contributed by atoms with Gasteiger partial charge in [0.25, 0.3) is 0 Å². The van der Waals surface area contributed by atoms with Gasteiger partial charge >= 0.3 is 6.03 Å². The third kappa shape index (κ3) is 4.85. The van der Waals surface area contributed by atoms with Gasteiger partial charge in [-0.3, -0.25) is 4.90 Å². The number of carbonyl (C=O) groups excluding carboxylic acids is 1. The van der Waals surface area contributed by atoms with E-state index in [9.17, 15) is 4.79 Å². The van der Waals surface area contributed by atoms with Crippen LogP contribution in [0.4, 0.5) is 4.79 Å². The summed E-state index contributed by atoms with van der Waals surface area (Å²) in [5.74, 6) is 0.706. The van der Waals surface area contributed by atoms with Crippen molar-refractivity contribution < 1.29 is 9.53 Å². The molecule has 0 aromatic heterocycles. The minimum Gasteiger partial charge on any atom is -0.379 e. The summed E-state index contributed by atoms with van der Waals surface area (Å²) in [5.41, 5.74) is 0. The van der Waals surface area contributed by atoms with E-state index in [0.717, 1.165) is 26.3 Å². The molecule has 2 fully saturated rings. The van der Waals surface area contributed by atoms with Gasteiger partial charge in [0.15, 0.2) is 0 Å². The van der Waals surface area contributed by atoms with E-state index in [2.05, 4.69) is 24.1 Å². The zero-order chi connectivity index (χ0) is 15.2. The number of carbonyl (C=O) groups is 1. The Kier molecular flexibility index (Phi) is 6.30. The minimum absolute atomic E-state index is 0.0645. The zero-order valence-electron chi connectivity index (χ0n) is 13.8. The molecule has 0 spiro atoms. The van der Waals surface area contributed by atoms with Crippen LogP contribution in [0.15, 0.2) is 0 Å². The van der Waals surface area contributed by atoms with Crippen LogP contribution in [0, 0.1) is 5.92 Å².